The van der Waals surface area contributed by atoms with Crippen LogP contribution in [0.25, 0.3) is 0 Å². The molecule has 1 aromatic heterocycles. The molecular formula is C9H14N4. The highest BCUT2D eigenvalue weighted by molar-refractivity contribution is 5.44. The van der Waals surface area contributed by atoms with Gasteiger partial charge in [0.05, 0.1) is 5.69 Å². The largest absolute Gasteiger partial charge is 0.354 e. The van der Waals surface area contributed by atoms with E-state index in [1.165, 1.54) is 0 Å². The highest BCUT2D eigenvalue weighted by Gasteiger charge is 2.27. The van der Waals surface area contributed by atoms with E-state index < -0.39 is 0 Å². The summed E-state index contributed by atoms with van der Waals surface area (Å²) in [4.78, 5) is 10.7. The second-order valence-corrected chi connectivity index (χ2v) is 3.47. The van der Waals surface area contributed by atoms with Crippen molar-refractivity contribution in [3.05, 3.63) is 18.1 Å². The number of hydrogen-bond acceptors (Lipinski definition) is 4. The molecule has 1 aromatic rings. The molecule has 0 unspecified atom stereocenters. The number of anilines is 1. The third-order valence-corrected chi connectivity index (χ3v) is 2.45. The van der Waals surface area contributed by atoms with E-state index in [1.807, 2.05) is 6.92 Å². The van der Waals surface area contributed by atoms with Gasteiger partial charge in [-0.25, -0.2) is 4.98 Å². The molecule has 0 aliphatic carbocycles. The average molecular weight is 178 g/mol. The maximum Gasteiger partial charge on any atom is 0.150 e. The van der Waals surface area contributed by atoms with Crippen LogP contribution in [0.2, 0.25) is 0 Å². The topological polar surface area (TPSA) is 55.0 Å². The van der Waals surface area contributed by atoms with Crippen molar-refractivity contribution in [1.82, 2.24) is 9.97 Å². The fourth-order valence-corrected chi connectivity index (χ4v) is 1.60. The van der Waals surface area contributed by atoms with Crippen LogP contribution in [0.1, 0.15) is 5.69 Å². The molecule has 1 saturated heterocycles. The monoisotopic (exact) mass is 178 g/mol. The van der Waals surface area contributed by atoms with E-state index in [0.717, 1.165) is 31.1 Å². The van der Waals surface area contributed by atoms with Crippen LogP contribution in [0.3, 0.4) is 0 Å². The van der Waals surface area contributed by atoms with Crippen molar-refractivity contribution >= 4 is 5.82 Å². The Kier molecular flexibility index (Phi) is 2.14. The highest BCUT2D eigenvalue weighted by Crippen LogP contribution is 2.23. The molecule has 2 heterocycles. The lowest BCUT2D eigenvalue weighted by Crippen LogP contribution is -2.50. The number of nitrogens with two attached hydrogens (primary N) is 1. The van der Waals surface area contributed by atoms with E-state index in [4.69, 9.17) is 5.73 Å². The van der Waals surface area contributed by atoms with Crippen LogP contribution < -0.4 is 10.6 Å². The Balaban J connectivity index is 2.07. The summed E-state index contributed by atoms with van der Waals surface area (Å²) < 4.78 is 0. The molecule has 0 spiro atoms. The minimum atomic E-state index is 0.640. The standard InChI is InChI=1S/C9H14N4/c1-7-9(12-3-2-11-7)13-5-8(4-10)6-13/h2-3,8H,4-6,10H2,1H3. The van der Waals surface area contributed by atoms with E-state index in [0.29, 0.717) is 5.92 Å². The minimum Gasteiger partial charge on any atom is -0.354 e. The second-order valence-electron chi connectivity index (χ2n) is 3.47. The molecule has 4 nitrogen and oxygen atoms in total. The first-order valence-corrected chi connectivity index (χ1v) is 4.54. The van der Waals surface area contributed by atoms with Gasteiger partial charge in [-0.05, 0) is 13.5 Å². The van der Waals surface area contributed by atoms with Gasteiger partial charge >= 0.3 is 0 Å². The molecule has 0 atom stereocenters. The summed E-state index contributed by atoms with van der Waals surface area (Å²) in [6.07, 6.45) is 3.46. The summed E-state index contributed by atoms with van der Waals surface area (Å²) in [5, 5.41) is 0. The van der Waals surface area contributed by atoms with Crippen LogP contribution in [-0.4, -0.2) is 29.6 Å². The van der Waals surface area contributed by atoms with E-state index in [9.17, 15) is 0 Å². The van der Waals surface area contributed by atoms with E-state index in [-0.39, 0.29) is 0 Å². The van der Waals surface area contributed by atoms with Crippen LogP contribution in [0, 0.1) is 12.8 Å². The minimum absolute atomic E-state index is 0.640. The van der Waals surface area contributed by atoms with Crippen molar-refractivity contribution in [3.8, 4) is 0 Å². The summed E-state index contributed by atoms with van der Waals surface area (Å²) in [5.74, 6) is 1.65. The van der Waals surface area contributed by atoms with Gasteiger partial charge in [-0.2, -0.15) is 0 Å². The van der Waals surface area contributed by atoms with Crippen LogP contribution in [-0.2, 0) is 0 Å². The molecule has 4 heteroatoms. The molecule has 0 bridgehead atoms. The molecule has 1 aliphatic heterocycles. The molecule has 0 saturated carbocycles. The van der Waals surface area contributed by atoms with Crippen molar-refractivity contribution in [2.75, 3.05) is 24.5 Å². The Hall–Kier alpha value is -1.16. The van der Waals surface area contributed by atoms with Gasteiger partial charge in [-0.15, -0.1) is 0 Å². The molecule has 1 fully saturated rings. The maximum absolute atomic E-state index is 5.55. The molecule has 13 heavy (non-hydrogen) atoms. The SMILES string of the molecule is Cc1nccnc1N1CC(CN)C1. The van der Waals surface area contributed by atoms with Crippen molar-refractivity contribution in [1.29, 1.82) is 0 Å². The smallest absolute Gasteiger partial charge is 0.150 e. The summed E-state index contributed by atoms with van der Waals surface area (Å²) in [6, 6.07) is 0. The predicted octanol–water partition coefficient (Wildman–Crippen LogP) is 0.180. The van der Waals surface area contributed by atoms with Crippen molar-refractivity contribution < 1.29 is 0 Å². The van der Waals surface area contributed by atoms with Gasteiger partial charge in [0, 0.05) is 31.4 Å². The van der Waals surface area contributed by atoms with Gasteiger partial charge in [0.1, 0.15) is 5.82 Å². The van der Waals surface area contributed by atoms with E-state index >= 15 is 0 Å². The molecule has 0 amide bonds. The van der Waals surface area contributed by atoms with Gasteiger partial charge < -0.3 is 10.6 Å². The summed E-state index contributed by atoms with van der Waals surface area (Å²) in [6.45, 7) is 4.81. The Morgan fingerprint density at radius 3 is 2.77 bits per heavy atom. The van der Waals surface area contributed by atoms with Gasteiger partial charge in [-0.3, -0.25) is 4.98 Å². The molecule has 0 radical (unpaired) electrons. The van der Waals surface area contributed by atoms with Crippen LogP contribution >= 0.6 is 0 Å². The molecule has 2 rings (SSSR count). The Morgan fingerprint density at radius 1 is 1.46 bits per heavy atom. The second kappa shape index (κ2) is 3.30. The molecule has 70 valence electrons. The number of aromatic nitrogens is 2. The molecule has 1 aliphatic rings. The quantitative estimate of drug-likeness (QED) is 0.702. The number of hydrogen-bond donors (Lipinski definition) is 1. The molecule has 2 N–H and O–H groups in total. The van der Waals surface area contributed by atoms with E-state index in [2.05, 4.69) is 14.9 Å². The van der Waals surface area contributed by atoms with E-state index in [1.54, 1.807) is 12.4 Å². The lowest BCUT2D eigenvalue weighted by molar-refractivity contribution is 0.416. The highest BCUT2D eigenvalue weighted by atomic mass is 15.2. The number of rotatable bonds is 2. The zero-order valence-corrected chi connectivity index (χ0v) is 7.77. The Morgan fingerprint density at radius 2 is 2.15 bits per heavy atom. The zero-order chi connectivity index (χ0) is 9.26. The number of aryl methyl sites for hydroxylation is 1. The first kappa shape index (κ1) is 8.44. The third kappa shape index (κ3) is 1.49. The molecular weight excluding hydrogens is 164 g/mol. The van der Waals surface area contributed by atoms with Crippen LogP contribution in [0.15, 0.2) is 12.4 Å². The third-order valence-electron chi connectivity index (χ3n) is 2.45. The number of nitrogens with zero attached hydrogens (tertiary/aromatic N) is 3. The summed E-state index contributed by atoms with van der Waals surface area (Å²) in [5.41, 5.74) is 6.55. The van der Waals surface area contributed by atoms with Crippen molar-refractivity contribution in [2.24, 2.45) is 11.7 Å². The van der Waals surface area contributed by atoms with Crippen LogP contribution in [0.4, 0.5) is 5.82 Å². The van der Waals surface area contributed by atoms with Crippen molar-refractivity contribution in [3.63, 3.8) is 0 Å². The van der Waals surface area contributed by atoms with Gasteiger partial charge in [0.2, 0.25) is 0 Å². The Bertz CT molecular complexity index is 293. The fraction of sp³-hybridized carbons (Fsp3) is 0.556. The van der Waals surface area contributed by atoms with Gasteiger partial charge in [0.25, 0.3) is 0 Å². The summed E-state index contributed by atoms with van der Waals surface area (Å²) in [7, 11) is 0. The zero-order valence-electron chi connectivity index (χ0n) is 7.77. The van der Waals surface area contributed by atoms with Gasteiger partial charge in [0.15, 0.2) is 0 Å². The fourth-order valence-electron chi connectivity index (χ4n) is 1.60. The first-order valence-electron chi connectivity index (χ1n) is 4.54. The summed E-state index contributed by atoms with van der Waals surface area (Å²) >= 11 is 0. The average Bonchev–Trinajstić information content (AvgIpc) is 2.06. The lowest BCUT2D eigenvalue weighted by Gasteiger charge is -2.39. The van der Waals surface area contributed by atoms with Gasteiger partial charge in [-0.1, -0.05) is 0 Å². The Labute approximate surface area is 77.8 Å². The lowest BCUT2D eigenvalue weighted by atomic mass is 10.0. The predicted molar refractivity (Wildman–Crippen MR) is 51.5 cm³/mol. The van der Waals surface area contributed by atoms with Crippen LogP contribution in [0.5, 0.6) is 0 Å². The maximum atomic E-state index is 5.55. The van der Waals surface area contributed by atoms with Crippen molar-refractivity contribution in [2.45, 2.75) is 6.92 Å². The normalized spacial score (nSPS) is 17.2. The first-order chi connectivity index (χ1) is 6.31. The molecule has 0 aromatic carbocycles.